The highest BCUT2D eigenvalue weighted by Crippen LogP contribution is 2.25. The molecule has 0 saturated carbocycles. The van der Waals surface area contributed by atoms with Crippen molar-refractivity contribution in [1.29, 1.82) is 0 Å². The van der Waals surface area contributed by atoms with Gasteiger partial charge in [0, 0.05) is 18.5 Å². The number of phenols is 1. The zero-order valence-corrected chi connectivity index (χ0v) is 14.1. The van der Waals surface area contributed by atoms with E-state index in [1.54, 1.807) is 24.3 Å². The molecule has 2 N–H and O–H groups in total. The van der Waals surface area contributed by atoms with E-state index in [1.807, 2.05) is 19.1 Å². The van der Waals surface area contributed by atoms with Gasteiger partial charge in [-0.2, -0.15) is 0 Å². The minimum Gasteiger partial charge on any atom is -0.507 e. The summed E-state index contributed by atoms with van der Waals surface area (Å²) < 4.78 is 23.8. The van der Waals surface area contributed by atoms with Gasteiger partial charge in [0.1, 0.15) is 5.75 Å². The van der Waals surface area contributed by atoms with Crippen LogP contribution < -0.4 is 5.32 Å². The van der Waals surface area contributed by atoms with Gasteiger partial charge in [-0.1, -0.05) is 12.1 Å². The van der Waals surface area contributed by atoms with E-state index in [-0.39, 0.29) is 5.75 Å². The molecule has 4 nitrogen and oxygen atoms in total. The van der Waals surface area contributed by atoms with Gasteiger partial charge in [0.2, 0.25) is 0 Å². The van der Waals surface area contributed by atoms with Crippen molar-refractivity contribution in [1.82, 2.24) is 0 Å². The van der Waals surface area contributed by atoms with E-state index in [2.05, 4.69) is 21.2 Å². The third kappa shape index (κ3) is 3.98. The molecule has 0 aromatic heterocycles. The topological polar surface area (TPSA) is 66.4 Å². The predicted molar refractivity (Wildman–Crippen MR) is 87.4 cm³/mol. The normalized spacial score (nSPS) is 11.4. The minimum absolute atomic E-state index is 0.189. The van der Waals surface area contributed by atoms with Crippen LogP contribution in [0.1, 0.15) is 11.1 Å². The Morgan fingerprint density at radius 2 is 1.90 bits per heavy atom. The van der Waals surface area contributed by atoms with Gasteiger partial charge >= 0.3 is 0 Å². The Labute approximate surface area is 132 Å². The van der Waals surface area contributed by atoms with E-state index in [1.165, 1.54) is 6.26 Å². The first-order chi connectivity index (χ1) is 9.77. The fraction of sp³-hybridized carbons (Fsp3) is 0.200. The quantitative estimate of drug-likeness (QED) is 0.865. The van der Waals surface area contributed by atoms with Crippen molar-refractivity contribution >= 4 is 31.5 Å². The Kier molecular flexibility index (Phi) is 4.58. The number of sulfone groups is 1. The lowest BCUT2D eigenvalue weighted by Crippen LogP contribution is -2.04. The van der Waals surface area contributed by atoms with Crippen molar-refractivity contribution in [3.8, 4) is 5.75 Å². The molecule has 0 spiro atoms. The number of hydrogen-bond donors (Lipinski definition) is 2. The first kappa shape index (κ1) is 15.9. The molecule has 2 aromatic rings. The van der Waals surface area contributed by atoms with Gasteiger partial charge in [-0.25, -0.2) is 8.42 Å². The molecule has 6 heteroatoms. The Bertz CT molecular complexity index is 772. The lowest BCUT2D eigenvalue weighted by atomic mass is 10.1. The van der Waals surface area contributed by atoms with Crippen LogP contribution in [0.4, 0.5) is 5.69 Å². The molecule has 2 aromatic carbocycles. The van der Waals surface area contributed by atoms with Crippen LogP contribution in [0.25, 0.3) is 0 Å². The molecule has 0 atom stereocenters. The molecule has 0 aliphatic heterocycles. The lowest BCUT2D eigenvalue weighted by molar-refractivity contribution is 0.471. The van der Waals surface area contributed by atoms with E-state index in [4.69, 9.17) is 0 Å². The van der Waals surface area contributed by atoms with Crippen LogP contribution in [0.3, 0.4) is 0 Å². The molecule has 0 fully saturated rings. The maximum Gasteiger partial charge on any atom is 0.175 e. The smallest absolute Gasteiger partial charge is 0.175 e. The zero-order chi connectivity index (χ0) is 15.6. The van der Waals surface area contributed by atoms with Crippen molar-refractivity contribution < 1.29 is 13.5 Å². The first-order valence-electron chi connectivity index (χ1n) is 6.29. The van der Waals surface area contributed by atoms with Crippen LogP contribution >= 0.6 is 15.9 Å². The van der Waals surface area contributed by atoms with Crippen molar-refractivity contribution in [3.63, 3.8) is 0 Å². The van der Waals surface area contributed by atoms with Crippen LogP contribution in [0.2, 0.25) is 0 Å². The van der Waals surface area contributed by atoms with Crippen molar-refractivity contribution in [3.05, 3.63) is 52.0 Å². The second kappa shape index (κ2) is 6.07. The summed E-state index contributed by atoms with van der Waals surface area (Å²) in [4.78, 5) is 0.294. The van der Waals surface area contributed by atoms with E-state index >= 15 is 0 Å². The number of anilines is 1. The number of benzene rings is 2. The summed E-state index contributed by atoms with van der Waals surface area (Å²) in [5.41, 5.74) is 2.73. The highest BCUT2D eigenvalue weighted by molar-refractivity contribution is 9.10. The molecule has 0 unspecified atom stereocenters. The summed E-state index contributed by atoms with van der Waals surface area (Å²) in [6.45, 7) is 2.45. The lowest BCUT2D eigenvalue weighted by Gasteiger charge is -2.11. The molecule has 0 radical (unpaired) electrons. The molecule has 0 bridgehead atoms. The highest BCUT2D eigenvalue weighted by Gasteiger charge is 2.09. The Morgan fingerprint density at radius 3 is 2.52 bits per heavy atom. The molecule has 0 amide bonds. The van der Waals surface area contributed by atoms with Gasteiger partial charge in [0.05, 0.1) is 9.37 Å². The van der Waals surface area contributed by atoms with Crippen molar-refractivity contribution in [2.75, 3.05) is 11.6 Å². The van der Waals surface area contributed by atoms with Gasteiger partial charge < -0.3 is 10.4 Å². The molecule has 21 heavy (non-hydrogen) atoms. The fourth-order valence-corrected chi connectivity index (χ4v) is 2.95. The fourth-order valence-electron chi connectivity index (χ4n) is 1.88. The van der Waals surface area contributed by atoms with Crippen LogP contribution in [-0.4, -0.2) is 19.8 Å². The Balaban J connectivity index is 2.21. The number of aryl methyl sites for hydroxylation is 1. The van der Waals surface area contributed by atoms with E-state index in [0.29, 0.717) is 15.9 Å². The molecule has 0 aliphatic carbocycles. The molecule has 0 heterocycles. The second-order valence-electron chi connectivity index (χ2n) is 4.89. The Morgan fingerprint density at radius 1 is 1.19 bits per heavy atom. The monoisotopic (exact) mass is 369 g/mol. The van der Waals surface area contributed by atoms with Gasteiger partial charge in [0.15, 0.2) is 9.84 Å². The van der Waals surface area contributed by atoms with Crippen LogP contribution in [0.15, 0.2) is 45.8 Å². The van der Waals surface area contributed by atoms with Gasteiger partial charge in [0.25, 0.3) is 0 Å². The summed E-state index contributed by atoms with van der Waals surface area (Å²) in [6, 6.07) is 10.3. The number of rotatable bonds is 4. The summed E-state index contributed by atoms with van der Waals surface area (Å²) in [5, 5.41) is 12.7. The standard InChI is InChI=1S/C15H16BrNO3S/c1-10-3-5-12(21(2,19)20)8-14(10)17-9-11-4-6-15(18)13(16)7-11/h3-8,17-18H,9H2,1-2H3. The molecular formula is C15H16BrNO3S. The maximum atomic E-state index is 11.6. The summed E-state index contributed by atoms with van der Waals surface area (Å²) in [5.74, 6) is 0.189. The van der Waals surface area contributed by atoms with Crippen LogP contribution in [-0.2, 0) is 16.4 Å². The van der Waals surface area contributed by atoms with E-state index < -0.39 is 9.84 Å². The molecule has 2 rings (SSSR count). The largest absolute Gasteiger partial charge is 0.507 e. The van der Waals surface area contributed by atoms with Gasteiger partial charge in [-0.3, -0.25) is 0 Å². The van der Waals surface area contributed by atoms with Crippen molar-refractivity contribution in [2.45, 2.75) is 18.4 Å². The second-order valence-corrected chi connectivity index (χ2v) is 7.76. The predicted octanol–water partition coefficient (Wildman–Crippen LogP) is 3.48. The first-order valence-corrected chi connectivity index (χ1v) is 8.98. The van der Waals surface area contributed by atoms with E-state index in [0.717, 1.165) is 16.8 Å². The van der Waals surface area contributed by atoms with Gasteiger partial charge in [-0.05, 0) is 58.2 Å². The third-order valence-electron chi connectivity index (χ3n) is 3.13. The van der Waals surface area contributed by atoms with E-state index in [9.17, 15) is 13.5 Å². The summed E-state index contributed by atoms with van der Waals surface area (Å²) in [7, 11) is -3.22. The summed E-state index contributed by atoms with van der Waals surface area (Å²) >= 11 is 3.27. The number of nitrogens with one attached hydrogen (secondary N) is 1. The minimum atomic E-state index is -3.22. The average molecular weight is 370 g/mol. The maximum absolute atomic E-state index is 11.6. The van der Waals surface area contributed by atoms with Crippen molar-refractivity contribution in [2.24, 2.45) is 0 Å². The SMILES string of the molecule is Cc1ccc(S(C)(=O)=O)cc1NCc1ccc(O)c(Br)c1. The molecular weight excluding hydrogens is 354 g/mol. The van der Waals surface area contributed by atoms with Crippen LogP contribution in [0.5, 0.6) is 5.75 Å². The third-order valence-corrected chi connectivity index (χ3v) is 4.88. The average Bonchev–Trinajstić information content (AvgIpc) is 2.40. The number of halogens is 1. The number of phenolic OH excluding ortho intramolecular Hbond substituents is 1. The number of aromatic hydroxyl groups is 1. The highest BCUT2D eigenvalue weighted by atomic mass is 79.9. The molecule has 0 aliphatic rings. The molecule has 112 valence electrons. The van der Waals surface area contributed by atoms with Crippen LogP contribution in [0, 0.1) is 6.92 Å². The molecule has 0 saturated heterocycles. The van der Waals surface area contributed by atoms with Gasteiger partial charge in [-0.15, -0.1) is 0 Å². The summed E-state index contributed by atoms with van der Waals surface area (Å²) in [6.07, 6.45) is 1.19. The Hall–Kier alpha value is -1.53. The zero-order valence-electron chi connectivity index (χ0n) is 11.7. The number of hydrogen-bond acceptors (Lipinski definition) is 4.